The first-order chi connectivity index (χ1) is 12.7. The second kappa shape index (κ2) is 9.03. The van der Waals surface area contributed by atoms with Gasteiger partial charge in [-0.15, -0.1) is 24.0 Å². The number of rotatable bonds is 5. The van der Waals surface area contributed by atoms with E-state index in [0.717, 1.165) is 49.8 Å². The highest BCUT2D eigenvalue weighted by atomic mass is 127. The SMILES string of the molecule is CCc1nc2n(n1)CC(NC(=NC)NC1CC1Cc1ccccc1)CC2.I. The van der Waals surface area contributed by atoms with Crippen LogP contribution in [-0.4, -0.2) is 39.9 Å². The quantitative estimate of drug-likeness (QED) is 0.392. The maximum atomic E-state index is 4.59. The molecule has 0 amide bonds. The summed E-state index contributed by atoms with van der Waals surface area (Å²) < 4.78 is 2.06. The first-order valence-electron chi connectivity index (χ1n) is 9.71. The van der Waals surface area contributed by atoms with E-state index < -0.39 is 0 Å². The highest BCUT2D eigenvalue weighted by Crippen LogP contribution is 2.33. The molecule has 1 aliphatic carbocycles. The first-order valence-corrected chi connectivity index (χ1v) is 9.71. The number of halogens is 1. The van der Waals surface area contributed by atoms with Crippen LogP contribution in [0.4, 0.5) is 0 Å². The fourth-order valence-corrected chi connectivity index (χ4v) is 3.73. The van der Waals surface area contributed by atoms with Crippen LogP contribution in [-0.2, 0) is 25.8 Å². The third-order valence-electron chi connectivity index (χ3n) is 5.37. The van der Waals surface area contributed by atoms with Crippen molar-refractivity contribution in [3.05, 3.63) is 47.5 Å². The summed E-state index contributed by atoms with van der Waals surface area (Å²) in [6.07, 6.45) is 5.29. The highest BCUT2D eigenvalue weighted by molar-refractivity contribution is 14.0. The van der Waals surface area contributed by atoms with Gasteiger partial charge in [0.25, 0.3) is 0 Å². The van der Waals surface area contributed by atoms with Crippen molar-refractivity contribution in [1.29, 1.82) is 0 Å². The Kier molecular flexibility index (Phi) is 6.73. The molecule has 1 aromatic carbocycles. The van der Waals surface area contributed by atoms with E-state index in [4.69, 9.17) is 0 Å². The fraction of sp³-hybridized carbons (Fsp3) is 0.550. The number of nitrogens with one attached hydrogen (secondary N) is 2. The maximum absolute atomic E-state index is 4.59. The number of aromatic nitrogens is 3. The number of fused-ring (bicyclic) bond motifs is 1. The van der Waals surface area contributed by atoms with Gasteiger partial charge in [-0.05, 0) is 30.7 Å². The molecule has 7 heteroatoms. The largest absolute Gasteiger partial charge is 0.353 e. The van der Waals surface area contributed by atoms with Crippen LogP contribution in [0.5, 0.6) is 0 Å². The van der Waals surface area contributed by atoms with Gasteiger partial charge in [0.2, 0.25) is 0 Å². The van der Waals surface area contributed by atoms with Crippen LogP contribution in [0.25, 0.3) is 0 Å². The fourth-order valence-electron chi connectivity index (χ4n) is 3.73. The third-order valence-corrected chi connectivity index (χ3v) is 5.37. The molecule has 2 aromatic rings. The minimum absolute atomic E-state index is 0. The van der Waals surface area contributed by atoms with Gasteiger partial charge in [-0.1, -0.05) is 37.3 Å². The van der Waals surface area contributed by atoms with Crippen LogP contribution in [0, 0.1) is 5.92 Å². The molecule has 146 valence electrons. The van der Waals surface area contributed by atoms with Gasteiger partial charge in [-0.2, -0.15) is 5.10 Å². The molecule has 2 heterocycles. The Morgan fingerprint density at radius 3 is 2.81 bits per heavy atom. The molecule has 2 aliphatic rings. The molecular formula is C20H29IN6. The van der Waals surface area contributed by atoms with Gasteiger partial charge in [0, 0.05) is 32.0 Å². The normalized spacial score (nSPS) is 23.9. The summed E-state index contributed by atoms with van der Waals surface area (Å²) in [4.78, 5) is 9.02. The number of guanidine groups is 1. The molecule has 1 aliphatic heterocycles. The number of aryl methyl sites for hydroxylation is 2. The smallest absolute Gasteiger partial charge is 0.191 e. The van der Waals surface area contributed by atoms with E-state index in [9.17, 15) is 0 Å². The van der Waals surface area contributed by atoms with E-state index in [1.807, 2.05) is 7.05 Å². The predicted octanol–water partition coefficient (Wildman–Crippen LogP) is 2.57. The van der Waals surface area contributed by atoms with Crippen molar-refractivity contribution in [2.45, 2.75) is 57.7 Å². The van der Waals surface area contributed by atoms with Gasteiger partial charge in [-0.3, -0.25) is 4.99 Å². The van der Waals surface area contributed by atoms with Crippen LogP contribution in [0.1, 0.15) is 37.0 Å². The monoisotopic (exact) mass is 480 g/mol. The Morgan fingerprint density at radius 2 is 2.07 bits per heavy atom. The second-order valence-electron chi connectivity index (χ2n) is 7.37. The molecule has 2 N–H and O–H groups in total. The Bertz CT molecular complexity index is 772. The van der Waals surface area contributed by atoms with Crippen molar-refractivity contribution in [3.63, 3.8) is 0 Å². The van der Waals surface area contributed by atoms with Crippen LogP contribution in [0.2, 0.25) is 0 Å². The number of benzene rings is 1. The molecule has 0 bridgehead atoms. The molecule has 3 unspecified atom stereocenters. The molecule has 1 aromatic heterocycles. The van der Waals surface area contributed by atoms with Crippen molar-refractivity contribution >= 4 is 29.9 Å². The Labute approximate surface area is 178 Å². The van der Waals surface area contributed by atoms with Crippen LogP contribution >= 0.6 is 24.0 Å². The molecule has 1 fully saturated rings. The first kappa shape index (κ1) is 20.1. The summed E-state index contributed by atoms with van der Waals surface area (Å²) in [5.41, 5.74) is 1.42. The average molecular weight is 480 g/mol. The zero-order chi connectivity index (χ0) is 17.9. The summed E-state index contributed by atoms with van der Waals surface area (Å²) in [5, 5.41) is 11.8. The van der Waals surface area contributed by atoms with Crippen molar-refractivity contribution in [2.75, 3.05) is 7.05 Å². The van der Waals surface area contributed by atoms with E-state index >= 15 is 0 Å². The number of hydrogen-bond donors (Lipinski definition) is 2. The lowest BCUT2D eigenvalue weighted by Crippen LogP contribution is -2.48. The number of nitrogens with zero attached hydrogens (tertiary/aromatic N) is 4. The maximum Gasteiger partial charge on any atom is 0.191 e. The molecule has 0 saturated heterocycles. The van der Waals surface area contributed by atoms with Gasteiger partial charge >= 0.3 is 0 Å². The minimum Gasteiger partial charge on any atom is -0.353 e. The Hall–Kier alpha value is -1.64. The molecule has 6 nitrogen and oxygen atoms in total. The average Bonchev–Trinajstić information content (AvgIpc) is 3.25. The van der Waals surface area contributed by atoms with Crippen molar-refractivity contribution < 1.29 is 0 Å². The zero-order valence-electron chi connectivity index (χ0n) is 16.1. The molecular weight excluding hydrogens is 451 g/mol. The van der Waals surface area contributed by atoms with E-state index in [0.29, 0.717) is 18.0 Å². The van der Waals surface area contributed by atoms with E-state index in [1.165, 1.54) is 12.0 Å². The summed E-state index contributed by atoms with van der Waals surface area (Å²) >= 11 is 0. The standard InChI is InChI=1S/C20H28N6.HI/c1-3-18-24-19-10-9-16(13-26(19)25-18)22-20(21-2)23-17-12-15(17)11-14-7-5-4-6-8-14;/h4-8,15-17H,3,9-13H2,1-2H3,(H2,21,22,23);1H. The van der Waals surface area contributed by atoms with Crippen LogP contribution in [0.15, 0.2) is 35.3 Å². The van der Waals surface area contributed by atoms with Gasteiger partial charge < -0.3 is 10.6 Å². The summed E-state index contributed by atoms with van der Waals surface area (Å²) in [5.74, 6) is 3.68. The Morgan fingerprint density at radius 1 is 1.26 bits per heavy atom. The number of aliphatic imine (C=N–C) groups is 1. The molecule has 1 saturated carbocycles. The molecule has 3 atom stereocenters. The molecule has 4 rings (SSSR count). The minimum atomic E-state index is 0. The van der Waals surface area contributed by atoms with Crippen molar-refractivity contribution in [1.82, 2.24) is 25.4 Å². The van der Waals surface area contributed by atoms with Crippen LogP contribution < -0.4 is 10.6 Å². The highest BCUT2D eigenvalue weighted by Gasteiger charge is 2.37. The number of hydrogen-bond acceptors (Lipinski definition) is 3. The molecule has 0 spiro atoms. The van der Waals surface area contributed by atoms with E-state index in [1.54, 1.807) is 0 Å². The lowest BCUT2D eigenvalue weighted by atomic mass is 10.1. The van der Waals surface area contributed by atoms with Gasteiger partial charge in [0.1, 0.15) is 5.82 Å². The second-order valence-corrected chi connectivity index (χ2v) is 7.37. The van der Waals surface area contributed by atoms with Crippen molar-refractivity contribution in [3.8, 4) is 0 Å². The zero-order valence-corrected chi connectivity index (χ0v) is 18.4. The van der Waals surface area contributed by atoms with Gasteiger partial charge in [0.05, 0.1) is 6.54 Å². The topological polar surface area (TPSA) is 67.1 Å². The summed E-state index contributed by atoms with van der Waals surface area (Å²) in [7, 11) is 1.85. The van der Waals surface area contributed by atoms with Crippen LogP contribution in [0.3, 0.4) is 0 Å². The van der Waals surface area contributed by atoms with E-state index in [-0.39, 0.29) is 24.0 Å². The van der Waals surface area contributed by atoms with E-state index in [2.05, 4.69) is 67.6 Å². The summed E-state index contributed by atoms with van der Waals surface area (Å²) in [6.45, 7) is 2.96. The lowest BCUT2D eigenvalue weighted by molar-refractivity contribution is 0.392. The Balaban J connectivity index is 0.00000210. The lowest BCUT2D eigenvalue weighted by Gasteiger charge is -2.25. The van der Waals surface area contributed by atoms with Crippen molar-refractivity contribution in [2.24, 2.45) is 10.9 Å². The van der Waals surface area contributed by atoms with Gasteiger partial charge in [-0.25, -0.2) is 9.67 Å². The molecule has 27 heavy (non-hydrogen) atoms. The molecule has 0 radical (unpaired) electrons. The van der Waals surface area contributed by atoms with Gasteiger partial charge in [0.15, 0.2) is 11.8 Å². The third kappa shape index (κ3) is 5.00. The summed E-state index contributed by atoms with van der Waals surface area (Å²) in [6, 6.07) is 11.6. The predicted molar refractivity (Wildman–Crippen MR) is 119 cm³/mol.